The Morgan fingerprint density at radius 3 is 2.48 bits per heavy atom. The molecule has 136 valence electrons. The molecular formula is C18H12ClN3O5. The van der Waals surface area contributed by atoms with E-state index in [1.165, 1.54) is 37.5 Å². The second-order valence-corrected chi connectivity index (χ2v) is 5.57. The van der Waals surface area contributed by atoms with Crippen molar-refractivity contribution in [3.05, 3.63) is 74.3 Å². The first-order valence-electron chi connectivity index (χ1n) is 7.41. The van der Waals surface area contributed by atoms with Crippen molar-refractivity contribution < 1.29 is 19.2 Å². The lowest BCUT2D eigenvalue weighted by Crippen LogP contribution is -2.13. The van der Waals surface area contributed by atoms with Crippen molar-refractivity contribution in [2.45, 2.75) is 0 Å². The maximum atomic E-state index is 12.3. The molecule has 0 fully saturated rings. The van der Waals surface area contributed by atoms with Gasteiger partial charge in [-0.05, 0) is 35.9 Å². The summed E-state index contributed by atoms with van der Waals surface area (Å²) in [7, 11) is 1.26. The quantitative estimate of drug-likeness (QED) is 0.276. The third kappa shape index (κ3) is 4.90. The summed E-state index contributed by atoms with van der Waals surface area (Å²) < 4.78 is 4.59. The van der Waals surface area contributed by atoms with Crippen molar-refractivity contribution in [1.29, 1.82) is 5.26 Å². The highest BCUT2D eigenvalue weighted by Crippen LogP contribution is 2.27. The van der Waals surface area contributed by atoms with Crippen LogP contribution in [0.1, 0.15) is 15.9 Å². The summed E-state index contributed by atoms with van der Waals surface area (Å²) in [5.41, 5.74) is 0.370. The molecule has 9 heteroatoms. The van der Waals surface area contributed by atoms with Crippen LogP contribution >= 0.6 is 11.6 Å². The van der Waals surface area contributed by atoms with Crippen LogP contribution in [0.25, 0.3) is 6.08 Å². The van der Waals surface area contributed by atoms with Gasteiger partial charge in [0.05, 0.1) is 17.6 Å². The van der Waals surface area contributed by atoms with E-state index in [1.807, 2.05) is 0 Å². The molecule has 8 nitrogen and oxygen atoms in total. The number of carbonyl (C=O) groups is 2. The molecule has 0 heterocycles. The highest BCUT2D eigenvalue weighted by Gasteiger charge is 2.15. The highest BCUT2D eigenvalue weighted by molar-refractivity contribution is 6.32. The Morgan fingerprint density at radius 2 is 1.93 bits per heavy atom. The summed E-state index contributed by atoms with van der Waals surface area (Å²) in [6.45, 7) is 0. The number of ether oxygens (including phenoxy) is 1. The number of nitriles is 1. The summed E-state index contributed by atoms with van der Waals surface area (Å²) in [4.78, 5) is 33.9. The molecule has 0 saturated heterocycles. The number of esters is 1. The molecule has 0 unspecified atom stereocenters. The van der Waals surface area contributed by atoms with E-state index in [9.17, 15) is 25.0 Å². The lowest BCUT2D eigenvalue weighted by Gasteiger charge is -2.05. The van der Waals surface area contributed by atoms with E-state index in [0.29, 0.717) is 11.1 Å². The molecule has 0 aromatic heterocycles. The van der Waals surface area contributed by atoms with Crippen molar-refractivity contribution in [2.24, 2.45) is 0 Å². The van der Waals surface area contributed by atoms with Gasteiger partial charge in [0.1, 0.15) is 16.7 Å². The van der Waals surface area contributed by atoms with Crippen LogP contribution in [-0.4, -0.2) is 23.9 Å². The van der Waals surface area contributed by atoms with Crippen LogP contribution in [0.3, 0.4) is 0 Å². The number of hydrogen-bond donors (Lipinski definition) is 1. The van der Waals surface area contributed by atoms with Gasteiger partial charge >= 0.3 is 5.97 Å². The molecule has 0 aliphatic rings. The third-order valence-corrected chi connectivity index (χ3v) is 3.73. The van der Waals surface area contributed by atoms with Gasteiger partial charge in [0.2, 0.25) is 0 Å². The standard InChI is InChI=1S/C18H12ClN3O5/c1-27-18(24)12-4-2-11(3-5-12)8-13(10-20)17(23)21-14-6-7-15(19)16(9-14)22(25)26/h2-9H,1H3,(H,21,23)/b13-8+. The lowest BCUT2D eigenvalue weighted by molar-refractivity contribution is -0.384. The van der Waals surface area contributed by atoms with Crippen LogP contribution in [0.15, 0.2) is 48.0 Å². The van der Waals surface area contributed by atoms with Gasteiger partial charge in [0, 0.05) is 11.8 Å². The topological polar surface area (TPSA) is 122 Å². The molecule has 27 heavy (non-hydrogen) atoms. The summed E-state index contributed by atoms with van der Waals surface area (Å²) in [5.74, 6) is -1.25. The Bertz CT molecular complexity index is 977. The van der Waals surface area contributed by atoms with Crippen molar-refractivity contribution in [2.75, 3.05) is 12.4 Å². The van der Waals surface area contributed by atoms with Crippen LogP contribution in [0.2, 0.25) is 5.02 Å². The molecule has 1 N–H and O–H groups in total. The number of carbonyl (C=O) groups excluding carboxylic acids is 2. The Labute approximate surface area is 158 Å². The van der Waals surface area contributed by atoms with E-state index in [4.69, 9.17) is 11.6 Å². The number of anilines is 1. The molecule has 0 aliphatic heterocycles. The SMILES string of the molecule is COC(=O)c1ccc(/C=C(\C#N)C(=O)Nc2ccc(Cl)c([N+](=O)[O-])c2)cc1. The zero-order valence-electron chi connectivity index (χ0n) is 13.9. The number of nitro groups is 1. The van der Waals surface area contributed by atoms with Crippen molar-refractivity contribution in [3.63, 3.8) is 0 Å². The molecule has 0 atom stereocenters. The maximum Gasteiger partial charge on any atom is 0.337 e. The number of nitrogens with one attached hydrogen (secondary N) is 1. The Balaban J connectivity index is 2.22. The van der Waals surface area contributed by atoms with E-state index >= 15 is 0 Å². The van der Waals surface area contributed by atoms with E-state index < -0.39 is 16.8 Å². The largest absolute Gasteiger partial charge is 0.465 e. The molecule has 2 aromatic carbocycles. The number of halogens is 1. The molecule has 0 bridgehead atoms. The number of methoxy groups -OCH3 is 1. The van der Waals surface area contributed by atoms with E-state index in [-0.39, 0.29) is 22.0 Å². The molecule has 0 aliphatic carbocycles. The molecule has 1 amide bonds. The summed E-state index contributed by atoms with van der Waals surface area (Å²) in [6.07, 6.45) is 1.32. The van der Waals surface area contributed by atoms with Gasteiger partial charge in [-0.1, -0.05) is 23.7 Å². The molecule has 0 saturated carbocycles. The predicted octanol–water partition coefficient (Wildman–Crippen LogP) is 3.58. The zero-order chi connectivity index (χ0) is 20.0. The first-order chi connectivity index (χ1) is 12.8. The van der Waals surface area contributed by atoms with Gasteiger partial charge in [0.25, 0.3) is 11.6 Å². The van der Waals surface area contributed by atoms with Gasteiger partial charge in [0.15, 0.2) is 0 Å². The number of hydrogen-bond acceptors (Lipinski definition) is 6. The fraction of sp³-hybridized carbons (Fsp3) is 0.0556. The summed E-state index contributed by atoms with van der Waals surface area (Å²) >= 11 is 5.72. The van der Waals surface area contributed by atoms with Crippen molar-refractivity contribution >= 4 is 40.9 Å². The molecule has 2 rings (SSSR count). The fourth-order valence-electron chi connectivity index (χ4n) is 2.08. The second-order valence-electron chi connectivity index (χ2n) is 5.16. The predicted molar refractivity (Wildman–Crippen MR) is 98.1 cm³/mol. The lowest BCUT2D eigenvalue weighted by atomic mass is 10.1. The average Bonchev–Trinajstić information content (AvgIpc) is 2.67. The van der Waals surface area contributed by atoms with Crippen molar-refractivity contribution in [1.82, 2.24) is 0 Å². The van der Waals surface area contributed by atoms with Crippen molar-refractivity contribution in [3.8, 4) is 6.07 Å². The van der Waals surface area contributed by atoms with Crippen LogP contribution in [0, 0.1) is 21.4 Å². The number of rotatable bonds is 5. The number of nitro benzene ring substituents is 1. The van der Waals surface area contributed by atoms with Crippen LogP contribution in [-0.2, 0) is 9.53 Å². The maximum absolute atomic E-state index is 12.3. The smallest absolute Gasteiger partial charge is 0.337 e. The zero-order valence-corrected chi connectivity index (χ0v) is 14.7. The Morgan fingerprint density at radius 1 is 1.26 bits per heavy atom. The minimum Gasteiger partial charge on any atom is -0.465 e. The van der Waals surface area contributed by atoms with Gasteiger partial charge < -0.3 is 10.1 Å². The molecular weight excluding hydrogens is 374 g/mol. The minimum absolute atomic E-state index is 0.0697. The van der Waals surface area contributed by atoms with Crippen LogP contribution in [0.5, 0.6) is 0 Å². The second kappa shape index (κ2) is 8.60. The first kappa shape index (κ1) is 19.6. The van der Waals surface area contributed by atoms with Gasteiger partial charge in [-0.2, -0.15) is 5.26 Å². The normalized spacial score (nSPS) is 10.6. The Kier molecular flexibility index (Phi) is 6.25. The van der Waals surface area contributed by atoms with E-state index in [1.54, 1.807) is 18.2 Å². The molecule has 0 radical (unpaired) electrons. The molecule has 2 aromatic rings. The number of benzene rings is 2. The van der Waals surface area contributed by atoms with Gasteiger partial charge in [-0.3, -0.25) is 14.9 Å². The average molecular weight is 386 g/mol. The van der Waals surface area contributed by atoms with Crippen LogP contribution in [0.4, 0.5) is 11.4 Å². The third-order valence-electron chi connectivity index (χ3n) is 3.41. The number of nitrogens with zero attached hydrogens (tertiary/aromatic N) is 2. The van der Waals surface area contributed by atoms with E-state index in [2.05, 4.69) is 10.1 Å². The Hall–Kier alpha value is -3.70. The number of amides is 1. The first-order valence-corrected chi connectivity index (χ1v) is 7.79. The van der Waals surface area contributed by atoms with Gasteiger partial charge in [-0.15, -0.1) is 0 Å². The van der Waals surface area contributed by atoms with Crippen LogP contribution < -0.4 is 5.32 Å². The summed E-state index contributed by atoms with van der Waals surface area (Å²) in [5, 5.41) is 22.5. The summed E-state index contributed by atoms with van der Waals surface area (Å²) in [6, 6.07) is 11.6. The van der Waals surface area contributed by atoms with Gasteiger partial charge in [-0.25, -0.2) is 4.79 Å². The highest BCUT2D eigenvalue weighted by atomic mass is 35.5. The monoisotopic (exact) mass is 385 g/mol. The minimum atomic E-state index is -0.744. The molecule has 0 spiro atoms. The van der Waals surface area contributed by atoms with E-state index in [0.717, 1.165) is 6.07 Å². The fourth-order valence-corrected chi connectivity index (χ4v) is 2.26.